The van der Waals surface area contributed by atoms with E-state index in [2.05, 4.69) is 20.7 Å². The average molecular weight is 385 g/mol. The van der Waals surface area contributed by atoms with Gasteiger partial charge in [0.2, 0.25) is 10.0 Å². The van der Waals surface area contributed by atoms with Gasteiger partial charge in [-0.25, -0.2) is 13.1 Å². The Balaban J connectivity index is 2.13. The monoisotopic (exact) mass is 383 g/mol. The van der Waals surface area contributed by atoms with E-state index in [1.54, 1.807) is 7.11 Å². The standard InChI is InChI=1S/C12H15BrClNO4S/c1-18-12(4-5-19-8-12)7-15-20(16,17)9-2-3-11(14)10(13)6-9/h2-3,6,15H,4-5,7-8H2,1H3. The van der Waals surface area contributed by atoms with Gasteiger partial charge >= 0.3 is 0 Å². The highest BCUT2D eigenvalue weighted by molar-refractivity contribution is 9.10. The number of sulfonamides is 1. The van der Waals surface area contributed by atoms with Crippen molar-refractivity contribution in [1.29, 1.82) is 0 Å². The Morgan fingerprint density at radius 3 is 2.85 bits per heavy atom. The number of methoxy groups -OCH3 is 1. The number of nitrogens with one attached hydrogen (secondary N) is 1. The molecular weight excluding hydrogens is 370 g/mol. The van der Waals surface area contributed by atoms with Crippen LogP contribution in [0, 0.1) is 0 Å². The SMILES string of the molecule is COC1(CNS(=O)(=O)c2ccc(Cl)c(Br)c2)CCOC1. The minimum atomic E-state index is -3.61. The first kappa shape index (κ1) is 16.2. The van der Waals surface area contributed by atoms with E-state index in [-0.39, 0.29) is 11.4 Å². The summed E-state index contributed by atoms with van der Waals surface area (Å²) in [7, 11) is -2.05. The molecule has 1 fully saturated rings. The van der Waals surface area contributed by atoms with E-state index in [0.717, 1.165) is 0 Å². The Morgan fingerprint density at radius 1 is 1.55 bits per heavy atom. The Labute approximate surface area is 131 Å². The summed E-state index contributed by atoms with van der Waals surface area (Å²) in [5.74, 6) is 0. The summed E-state index contributed by atoms with van der Waals surface area (Å²) < 4.78 is 38.2. The molecule has 1 unspecified atom stereocenters. The van der Waals surface area contributed by atoms with Crippen LogP contribution in [0.1, 0.15) is 6.42 Å². The highest BCUT2D eigenvalue weighted by Gasteiger charge is 2.36. The van der Waals surface area contributed by atoms with Gasteiger partial charge < -0.3 is 9.47 Å². The molecule has 1 aromatic carbocycles. The number of hydrogen-bond donors (Lipinski definition) is 1. The number of ether oxygens (including phenoxy) is 2. The number of hydrogen-bond acceptors (Lipinski definition) is 4. The van der Waals surface area contributed by atoms with Gasteiger partial charge in [-0.2, -0.15) is 0 Å². The summed E-state index contributed by atoms with van der Waals surface area (Å²) in [6.45, 7) is 1.13. The zero-order chi connectivity index (χ0) is 14.8. The van der Waals surface area contributed by atoms with Crippen LogP contribution >= 0.6 is 27.5 Å². The molecular formula is C12H15BrClNO4S. The van der Waals surface area contributed by atoms with Crippen LogP contribution in [0.4, 0.5) is 0 Å². The fourth-order valence-electron chi connectivity index (χ4n) is 1.91. The largest absolute Gasteiger partial charge is 0.378 e. The number of rotatable bonds is 5. The van der Waals surface area contributed by atoms with E-state index in [0.29, 0.717) is 29.1 Å². The van der Waals surface area contributed by atoms with E-state index in [1.165, 1.54) is 18.2 Å². The molecule has 0 aromatic heterocycles. The van der Waals surface area contributed by atoms with Crippen LogP contribution in [-0.4, -0.2) is 40.9 Å². The fraction of sp³-hybridized carbons (Fsp3) is 0.500. The lowest BCUT2D eigenvalue weighted by atomic mass is 10.0. The topological polar surface area (TPSA) is 64.6 Å². The summed E-state index contributed by atoms with van der Waals surface area (Å²) >= 11 is 9.07. The van der Waals surface area contributed by atoms with Crippen LogP contribution in [0.25, 0.3) is 0 Å². The van der Waals surface area contributed by atoms with Gasteiger partial charge in [-0.3, -0.25) is 0 Å². The van der Waals surface area contributed by atoms with Crippen LogP contribution in [0.2, 0.25) is 5.02 Å². The van der Waals surface area contributed by atoms with Crippen molar-refractivity contribution in [2.45, 2.75) is 16.9 Å². The van der Waals surface area contributed by atoms with Crippen molar-refractivity contribution in [2.24, 2.45) is 0 Å². The maximum absolute atomic E-state index is 12.2. The molecule has 0 amide bonds. The molecule has 8 heteroatoms. The highest BCUT2D eigenvalue weighted by atomic mass is 79.9. The van der Waals surface area contributed by atoms with E-state index in [1.807, 2.05) is 0 Å². The second-order valence-electron chi connectivity index (χ2n) is 4.59. The van der Waals surface area contributed by atoms with Crippen molar-refractivity contribution in [3.8, 4) is 0 Å². The molecule has 0 aliphatic carbocycles. The second kappa shape index (κ2) is 6.29. The van der Waals surface area contributed by atoms with Gasteiger partial charge in [0.1, 0.15) is 5.60 Å². The zero-order valence-electron chi connectivity index (χ0n) is 10.9. The zero-order valence-corrected chi connectivity index (χ0v) is 14.0. The summed E-state index contributed by atoms with van der Waals surface area (Å²) in [5, 5.41) is 0.460. The van der Waals surface area contributed by atoms with Crippen LogP contribution in [0.5, 0.6) is 0 Å². The van der Waals surface area contributed by atoms with Crippen molar-refractivity contribution in [3.63, 3.8) is 0 Å². The van der Waals surface area contributed by atoms with Crippen molar-refractivity contribution in [3.05, 3.63) is 27.7 Å². The van der Waals surface area contributed by atoms with E-state index in [9.17, 15) is 8.42 Å². The van der Waals surface area contributed by atoms with Crippen LogP contribution in [0.15, 0.2) is 27.6 Å². The summed E-state index contributed by atoms with van der Waals surface area (Å²) in [4.78, 5) is 0.152. The third-order valence-corrected chi connectivity index (χ3v) is 5.90. The molecule has 1 N–H and O–H groups in total. The Morgan fingerprint density at radius 2 is 2.30 bits per heavy atom. The molecule has 112 valence electrons. The van der Waals surface area contributed by atoms with Crippen molar-refractivity contribution in [1.82, 2.24) is 4.72 Å². The number of halogens is 2. The smallest absolute Gasteiger partial charge is 0.240 e. The Hall–Kier alpha value is -0.180. The van der Waals surface area contributed by atoms with Gasteiger partial charge in [-0.15, -0.1) is 0 Å². The molecule has 0 bridgehead atoms. The molecule has 1 atom stereocenters. The molecule has 1 aromatic rings. The van der Waals surface area contributed by atoms with Gasteiger partial charge in [0.05, 0.1) is 16.5 Å². The first-order chi connectivity index (χ1) is 9.38. The molecule has 1 saturated heterocycles. The van der Waals surface area contributed by atoms with Gasteiger partial charge in [-0.1, -0.05) is 11.6 Å². The van der Waals surface area contributed by atoms with Crippen molar-refractivity contribution in [2.75, 3.05) is 26.9 Å². The maximum Gasteiger partial charge on any atom is 0.240 e. The molecule has 1 aliphatic rings. The molecule has 20 heavy (non-hydrogen) atoms. The quantitative estimate of drug-likeness (QED) is 0.845. The summed E-state index contributed by atoms with van der Waals surface area (Å²) in [5.41, 5.74) is -0.587. The molecule has 1 heterocycles. The minimum absolute atomic E-state index is 0.152. The Bertz CT molecular complexity index is 587. The van der Waals surface area contributed by atoms with Gasteiger partial charge in [-0.05, 0) is 34.1 Å². The predicted molar refractivity (Wildman–Crippen MR) is 79.5 cm³/mol. The lowest BCUT2D eigenvalue weighted by Crippen LogP contribution is -2.44. The molecule has 0 radical (unpaired) electrons. The molecule has 0 saturated carbocycles. The maximum atomic E-state index is 12.2. The van der Waals surface area contributed by atoms with E-state index >= 15 is 0 Å². The third-order valence-electron chi connectivity index (χ3n) is 3.29. The molecule has 2 rings (SSSR count). The first-order valence-electron chi connectivity index (χ1n) is 5.96. The molecule has 0 spiro atoms. The number of benzene rings is 1. The Kier molecular flexibility index (Phi) is 5.09. The normalized spacial score (nSPS) is 23.1. The van der Waals surface area contributed by atoms with Crippen LogP contribution in [-0.2, 0) is 19.5 Å². The van der Waals surface area contributed by atoms with Crippen molar-refractivity contribution < 1.29 is 17.9 Å². The van der Waals surface area contributed by atoms with Gasteiger partial charge in [0.15, 0.2) is 0 Å². The highest BCUT2D eigenvalue weighted by Crippen LogP contribution is 2.26. The van der Waals surface area contributed by atoms with Gasteiger partial charge in [0, 0.05) is 31.2 Å². The van der Waals surface area contributed by atoms with E-state index in [4.69, 9.17) is 21.1 Å². The van der Waals surface area contributed by atoms with E-state index < -0.39 is 15.6 Å². The summed E-state index contributed by atoms with van der Waals surface area (Å²) in [6, 6.07) is 4.46. The third kappa shape index (κ3) is 3.52. The lowest BCUT2D eigenvalue weighted by molar-refractivity contribution is -0.0120. The first-order valence-corrected chi connectivity index (χ1v) is 8.62. The fourth-order valence-corrected chi connectivity index (χ4v) is 3.70. The predicted octanol–water partition coefficient (Wildman–Crippen LogP) is 2.19. The summed E-state index contributed by atoms with van der Waals surface area (Å²) in [6.07, 6.45) is 0.663. The van der Waals surface area contributed by atoms with Crippen LogP contribution < -0.4 is 4.72 Å². The molecule has 1 aliphatic heterocycles. The van der Waals surface area contributed by atoms with Crippen molar-refractivity contribution >= 4 is 37.6 Å². The molecule has 5 nitrogen and oxygen atoms in total. The second-order valence-corrected chi connectivity index (χ2v) is 7.62. The average Bonchev–Trinajstić information content (AvgIpc) is 2.89. The van der Waals surface area contributed by atoms with Gasteiger partial charge in [0.25, 0.3) is 0 Å². The lowest BCUT2D eigenvalue weighted by Gasteiger charge is -2.25. The van der Waals surface area contributed by atoms with Crippen LogP contribution in [0.3, 0.4) is 0 Å². The minimum Gasteiger partial charge on any atom is -0.378 e.